The zero-order valence-electron chi connectivity index (χ0n) is 35.6. The fraction of sp³-hybridized carbons (Fsp3) is 0. The first-order valence-corrected chi connectivity index (χ1v) is 20.2. The van der Waals surface area contributed by atoms with Crippen LogP contribution in [0.25, 0.3) is 89.4 Å². The highest BCUT2D eigenvalue weighted by Gasteiger charge is 2.49. The molecular weight excluding hydrogens is 953 g/mol. The largest absolute Gasteiger partial charge is 0.374 e. The van der Waals surface area contributed by atoms with Gasteiger partial charge >= 0.3 is 45.5 Å². The fourth-order valence-corrected chi connectivity index (χ4v) is 8.69. The highest BCUT2D eigenvalue weighted by Crippen LogP contribution is 2.52. The third kappa shape index (κ3) is 7.20. The lowest BCUT2D eigenvalue weighted by atomic mass is 10.00. The van der Waals surface area contributed by atoms with Crippen molar-refractivity contribution in [3.63, 3.8) is 0 Å². The van der Waals surface area contributed by atoms with Crippen LogP contribution in [0.15, 0.2) is 121 Å². The number of nitrogens with zero attached hydrogens (tertiary/aromatic N) is 10. The molecule has 72 heavy (non-hydrogen) atoms. The predicted molar refractivity (Wildman–Crippen MR) is 251 cm³/mol. The zero-order chi connectivity index (χ0) is 51.4. The number of nitrogens with one attached hydrogen (secondary N) is 2. The molecule has 0 saturated carbocycles. The van der Waals surface area contributed by atoms with E-state index in [-0.39, 0.29) is 22.3 Å². The third-order valence-corrected chi connectivity index (χ3v) is 11.3. The first-order valence-electron chi connectivity index (χ1n) is 20.2. The van der Waals surface area contributed by atoms with E-state index in [0.29, 0.717) is 0 Å². The highest BCUT2D eigenvalue weighted by molar-refractivity contribution is 6.11. The first-order chi connectivity index (χ1) is 34.4. The molecule has 9 rings (SSSR count). The summed E-state index contributed by atoms with van der Waals surface area (Å²) in [7, 11) is 0. The molecule has 2 N–H and O–H groups in total. The number of aromatic nitrogens is 4. The molecule has 0 spiro atoms. The molecule has 0 radical (unpaired) electrons. The van der Waals surface area contributed by atoms with E-state index >= 15 is 0 Å². The van der Waals surface area contributed by atoms with Gasteiger partial charge in [0.05, 0.1) is 39.4 Å². The number of benzene rings is 4. The van der Waals surface area contributed by atoms with Gasteiger partial charge in [-0.15, -0.1) is 0 Å². The Hall–Kier alpha value is -11.3. The van der Waals surface area contributed by atoms with Crippen LogP contribution in [-0.4, -0.2) is 59.3 Å². The molecule has 2 aliphatic rings. The third-order valence-electron chi connectivity index (χ3n) is 11.3. The summed E-state index contributed by atoms with van der Waals surface area (Å²) in [6, 6.07) is 25.6. The van der Waals surface area contributed by atoms with Crippen LogP contribution in [0.1, 0.15) is 22.8 Å². The maximum absolute atomic E-state index is 13.4. The van der Waals surface area contributed by atoms with Crippen molar-refractivity contribution >= 4 is 67.6 Å². The molecule has 0 aliphatic carbocycles. The lowest BCUT2D eigenvalue weighted by Crippen LogP contribution is -2.06. The van der Waals surface area contributed by atoms with Gasteiger partial charge in [-0.3, -0.25) is 80.9 Å². The minimum absolute atomic E-state index is 0.296. The molecule has 8 bridgehead atoms. The van der Waals surface area contributed by atoms with Crippen LogP contribution in [0.4, 0.5) is 22.7 Å². The number of H-pyrrole nitrogens is 2. The summed E-state index contributed by atoms with van der Waals surface area (Å²) in [4.78, 5) is 111. The molecule has 354 valence electrons. The van der Waals surface area contributed by atoms with E-state index in [2.05, 4.69) is 19.9 Å². The van der Waals surface area contributed by atoms with Gasteiger partial charge in [0.1, 0.15) is 22.1 Å². The van der Waals surface area contributed by atoms with Gasteiger partial charge < -0.3 is 9.97 Å². The number of fused-ring (bicyclic) bond motifs is 8. The Labute approximate surface area is 395 Å². The predicted octanol–water partition coefficient (Wildman–Crippen LogP) is 9.37. The second-order valence-electron chi connectivity index (χ2n) is 15.2. The highest BCUT2D eigenvalue weighted by atomic mass is 16.7. The fourth-order valence-electron chi connectivity index (χ4n) is 8.69. The normalized spacial score (nSPS) is 12.1. The van der Waals surface area contributed by atoms with Crippen molar-refractivity contribution in [2.24, 2.45) is 0 Å². The second-order valence-corrected chi connectivity index (χ2v) is 15.2. The summed E-state index contributed by atoms with van der Waals surface area (Å²) < 4.78 is 0. The molecule has 0 saturated heterocycles. The molecule has 0 unspecified atom stereocenters. The van der Waals surface area contributed by atoms with E-state index in [1.165, 1.54) is 121 Å². The first kappa shape index (κ1) is 45.8. The van der Waals surface area contributed by atoms with Crippen LogP contribution in [0.5, 0.6) is 0 Å². The van der Waals surface area contributed by atoms with Gasteiger partial charge in [0, 0.05) is 22.3 Å². The quantitative estimate of drug-likeness (QED) is 0.0849. The van der Waals surface area contributed by atoms with Crippen LogP contribution in [-0.2, 0) is 0 Å². The van der Waals surface area contributed by atoms with E-state index in [1.54, 1.807) is 0 Å². The summed E-state index contributed by atoms with van der Waals surface area (Å²) >= 11 is 0. The van der Waals surface area contributed by atoms with Gasteiger partial charge in [-0.05, 0) is 22.3 Å². The number of nitro groups is 8. The van der Waals surface area contributed by atoms with Crippen LogP contribution < -0.4 is 0 Å². The number of hydrogen-bond acceptors (Lipinski definition) is 18. The Bertz CT molecular complexity index is 3380. The molecule has 2 aliphatic heterocycles. The van der Waals surface area contributed by atoms with Gasteiger partial charge in [0.25, 0.3) is 0 Å². The molecule has 28 nitrogen and oxygen atoms in total. The van der Waals surface area contributed by atoms with Crippen LogP contribution >= 0.6 is 0 Å². The minimum atomic E-state index is -1.53. The summed E-state index contributed by atoms with van der Waals surface area (Å²) in [5.41, 5.74) is -25.2. The molecule has 4 aromatic carbocycles. The van der Waals surface area contributed by atoms with Gasteiger partial charge in [0.2, 0.25) is 0 Å². The molecule has 0 amide bonds. The SMILES string of the molecule is O=[N+]([O-])C1=C([N+](=O)[O-])c2nc1c(-c1ccccc1)c1[nH]c(c(-c3ccccc3)c3nc(c(-c4ccccc4)c4[nH]c(c2-c2ccccc2)c([N+](=O)[O-])c4[N+](=O)[O-])C([N+](=O)[O-])=C3[N+](=O)[O-])c([N+](=O)[O-])c1[N+](=O)[O-]. The molecule has 7 aromatic rings. The number of hydrogen-bond donors (Lipinski definition) is 2. The lowest BCUT2D eigenvalue weighted by molar-refractivity contribution is -0.419. The van der Waals surface area contributed by atoms with E-state index in [4.69, 9.17) is 0 Å². The Morgan fingerprint density at radius 3 is 0.611 bits per heavy atom. The van der Waals surface area contributed by atoms with Crippen molar-refractivity contribution in [3.05, 3.63) is 225 Å². The van der Waals surface area contributed by atoms with Crippen LogP contribution in [0.3, 0.4) is 0 Å². The van der Waals surface area contributed by atoms with E-state index in [9.17, 15) is 80.9 Å². The Morgan fingerprint density at radius 1 is 0.278 bits per heavy atom. The molecular formula is C44H22N12O16. The zero-order valence-corrected chi connectivity index (χ0v) is 35.6. The molecule has 28 heteroatoms. The Balaban J connectivity index is 1.81. The van der Waals surface area contributed by atoms with Crippen molar-refractivity contribution in [2.75, 3.05) is 0 Å². The van der Waals surface area contributed by atoms with Gasteiger partial charge in [-0.2, -0.15) is 0 Å². The molecule has 0 fully saturated rings. The molecule has 0 atom stereocenters. The van der Waals surface area contributed by atoms with E-state index in [0.717, 1.165) is 0 Å². The van der Waals surface area contributed by atoms with Gasteiger partial charge in [-0.25, -0.2) is 9.97 Å². The summed E-state index contributed by atoms with van der Waals surface area (Å²) in [5.74, 6) is 0. The van der Waals surface area contributed by atoms with Crippen molar-refractivity contribution < 1.29 is 39.4 Å². The van der Waals surface area contributed by atoms with Crippen molar-refractivity contribution in [1.29, 1.82) is 0 Å². The Kier molecular flexibility index (Phi) is 11.1. The van der Waals surface area contributed by atoms with Crippen molar-refractivity contribution in [3.8, 4) is 44.5 Å². The van der Waals surface area contributed by atoms with Crippen molar-refractivity contribution in [1.82, 2.24) is 19.9 Å². The minimum Gasteiger partial charge on any atom is -0.343 e. The Morgan fingerprint density at radius 2 is 0.458 bits per heavy atom. The topological polar surface area (TPSA) is 402 Å². The van der Waals surface area contributed by atoms with Crippen LogP contribution in [0, 0.1) is 80.9 Å². The maximum Gasteiger partial charge on any atom is 0.374 e. The monoisotopic (exact) mass is 974 g/mol. The number of aromatic amines is 2. The standard InChI is InChI=1S/C44H22N12O16/c57-49(58)37-29-25(21-13-5-1-6-14-21)30-38(50(59)60)40(52(63)64)32(46-30)27(23-17-9-3-10-18-23)34-42(54(67)68)44(56(71)72)36(48-34)28(24-19-11-4-12-20-24)35-43(55(69)70)41(53(65)66)33(47-35)26(22-15-7-2-8-16-22)31(45-29)39(37)51(61)62/h1-20,45,48H. The van der Waals surface area contributed by atoms with Crippen molar-refractivity contribution in [2.45, 2.75) is 0 Å². The molecule has 5 heterocycles. The molecule has 3 aromatic heterocycles. The smallest absolute Gasteiger partial charge is 0.343 e. The average molecular weight is 975 g/mol. The van der Waals surface area contributed by atoms with Crippen LogP contribution in [0.2, 0.25) is 0 Å². The maximum atomic E-state index is 13.4. The lowest BCUT2D eigenvalue weighted by Gasteiger charge is -2.05. The van der Waals surface area contributed by atoms with Gasteiger partial charge in [0.15, 0.2) is 22.8 Å². The van der Waals surface area contributed by atoms with E-state index < -0.39 is 152 Å². The number of rotatable bonds is 12. The average Bonchev–Trinajstić information content (AvgIpc) is 4.13. The van der Waals surface area contributed by atoms with E-state index in [1.807, 2.05) is 0 Å². The summed E-state index contributed by atoms with van der Waals surface area (Å²) in [5, 5.41) is 108. The summed E-state index contributed by atoms with van der Waals surface area (Å²) in [6.45, 7) is 0. The second kappa shape index (κ2) is 17.4. The van der Waals surface area contributed by atoms with Gasteiger partial charge in [-0.1, -0.05) is 121 Å². The summed E-state index contributed by atoms with van der Waals surface area (Å²) in [6.07, 6.45) is 0.